The number of azo groups is 2. The van der Waals surface area contributed by atoms with Gasteiger partial charge in [-0.1, -0.05) is 0 Å². The minimum atomic E-state index is 0.106. The third-order valence-corrected chi connectivity index (χ3v) is 6.93. The number of anilines is 2. The fourth-order valence-electron chi connectivity index (χ4n) is 4.59. The minimum Gasteiger partial charge on any atom is -0.382 e. The Bertz CT molecular complexity index is 2330. The molecule has 7 heterocycles. The molecule has 0 aliphatic carbocycles. The van der Waals surface area contributed by atoms with E-state index in [1.807, 2.05) is 6.07 Å². The maximum atomic E-state index is 9.60. The van der Waals surface area contributed by atoms with Crippen molar-refractivity contribution < 1.29 is 0 Å². The van der Waals surface area contributed by atoms with Crippen LogP contribution in [0.2, 0.25) is 0 Å². The molecule has 22 heteroatoms. The fraction of sp³-hybridized carbons (Fsp3) is 0.0714. The van der Waals surface area contributed by atoms with Crippen LogP contribution in [0.1, 0.15) is 17.0 Å². The van der Waals surface area contributed by atoms with Crippen LogP contribution in [0.15, 0.2) is 82.4 Å². The molecule has 7 aromatic heterocycles. The van der Waals surface area contributed by atoms with Crippen molar-refractivity contribution in [2.24, 2.45) is 20.5 Å². The molecule has 0 spiro atoms. The number of aryl methyl sites for hydroxylation is 2. The number of nitriles is 1. The van der Waals surface area contributed by atoms with Crippen LogP contribution in [0.3, 0.4) is 0 Å². The van der Waals surface area contributed by atoms with Crippen LogP contribution in [0.25, 0.3) is 28.1 Å². The lowest BCUT2D eigenvalue weighted by molar-refractivity contribution is 0.801. The highest BCUT2D eigenvalue weighted by molar-refractivity contribution is 5.67. The molecule has 50 heavy (non-hydrogen) atoms. The quantitative estimate of drug-likeness (QED) is 0.173. The van der Waals surface area contributed by atoms with Crippen LogP contribution in [-0.4, -0.2) is 69.0 Å². The van der Waals surface area contributed by atoms with Crippen molar-refractivity contribution in [3.63, 3.8) is 0 Å². The first kappa shape index (κ1) is 30.5. The maximum absolute atomic E-state index is 9.60. The summed E-state index contributed by atoms with van der Waals surface area (Å²) in [7, 11) is 0. The van der Waals surface area contributed by atoms with E-state index in [1.165, 1.54) is 74.6 Å². The highest BCUT2D eigenvalue weighted by Crippen LogP contribution is 2.35. The van der Waals surface area contributed by atoms with Crippen molar-refractivity contribution >= 4 is 40.3 Å². The zero-order valence-corrected chi connectivity index (χ0v) is 25.9. The van der Waals surface area contributed by atoms with Gasteiger partial charge in [0, 0.05) is 30.9 Å². The molecular weight excluding hydrogens is 644 g/mol. The van der Waals surface area contributed by atoms with E-state index in [0.717, 1.165) is 0 Å². The SMILES string of the molecule is [C-]#[N+]c1cnn(-c2cnccn2)c1N=Nc1c(C)nn(-c2cc(-n3nc(C)c(N=Nc4c(C#N)cnn4-c4cnccn4)c3N)ncn2)c1N. The van der Waals surface area contributed by atoms with Gasteiger partial charge in [0.05, 0.1) is 42.7 Å². The van der Waals surface area contributed by atoms with Crippen LogP contribution < -0.4 is 11.5 Å². The summed E-state index contributed by atoms with van der Waals surface area (Å²) in [5, 5.41) is 44.1. The molecular formula is C28H20N22. The van der Waals surface area contributed by atoms with Crippen molar-refractivity contribution in [1.29, 1.82) is 5.26 Å². The van der Waals surface area contributed by atoms with Gasteiger partial charge in [0.1, 0.15) is 18.0 Å². The lowest BCUT2D eigenvalue weighted by Gasteiger charge is -2.06. The summed E-state index contributed by atoms with van der Waals surface area (Å²) in [6.45, 7) is 10.9. The van der Waals surface area contributed by atoms with E-state index in [0.29, 0.717) is 23.0 Å². The number of aromatic nitrogens is 14. The van der Waals surface area contributed by atoms with Crippen LogP contribution in [-0.2, 0) is 0 Å². The van der Waals surface area contributed by atoms with Crippen LogP contribution in [0.4, 0.5) is 40.3 Å². The van der Waals surface area contributed by atoms with E-state index in [2.05, 4.69) is 75.6 Å². The summed E-state index contributed by atoms with van der Waals surface area (Å²) in [4.78, 5) is 28.6. The van der Waals surface area contributed by atoms with Gasteiger partial charge in [-0.05, 0) is 13.8 Å². The van der Waals surface area contributed by atoms with Crippen LogP contribution in [0, 0.1) is 31.8 Å². The van der Waals surface area contributed by atoms with Gasteiger partial charge >= 0.3 is 0 Å². The average Bonchev–Trinajstić information content (AvgIpc) is 3.90. The van der Waals surface area contributed by atoms with Gasteiger partial charge in [-0.15, -0.1) is 20.5 Å². The largest absolute Gasteiger partial charge is 0.382 e. The van der Waals surface area contributed by atoms with E-state index in [1.54, 1.807) is 19.9 Å². The van der Waals surface area contributed by atoms with E-state index < -0.39 is 0 Å². The first-order chi connectivity index (χ1) is 24.4. The topological polar surface area (TPSA) is 278 Å². The number of hydrogen-bond donors (Lipinski definition) is 2. The summed E-state index contributed by atoms with van der Waals surface area (Å²) >= 11 is 0. The number of nitrogen functional groups attached to an aromatic ring is 2. The molecule has 0 amide bonds. The Balaban J connectivity index is 1.20. The Morgan fingerprint density at radius 2 is 1.22 bits per heavy atom. The second kappa shape index (κ2) is 12.6. The summed E-state index contributed by atoms with van der Waals surface area (Å²) in [6.07, 6.45) is 12.9. The van der Waals surface area contributed by atoms with E-state index >= 15 is 0 Å². The molecule has 0 aliphatic rings. The molecule has 0 atom stereocenters. The summed E-state index contributed by atoms with van der Waals surface area (Å²) in [6, 6.07) is 3.60. The highest BCUT2D eigenvalue weighted by atomic mass is 15.4. The van der Waals surface area contributed by atoms with Gasteiger partial charge in [0.2, 0.25) is 0 Å². The van der Waals surface area contributed by atoms with Crippen LogP contribution >= 0.6 is 0 Å². The first-order valence-electron chi connectivity index (χ1n) is 14.2. The molecule has 7 rings (SSSR count). The van der Waals surface area contributed by atoms with Crippen molar-refractivity contribution in [2.45, 2.75) is 13.8 Å². The number of rotatable bonds is 8. The monoisotopic (exact) mass is 664 g/mol. The molecule has 0 saturated carbocycles. The second-order valence-corrected chi connectivity index (χ2v) is 10.0. The van der Waals surface area contributed by atoms with E-state index in [-0.39, 0.29) is 57.5 Å². The summed E-state index contributed by atoms with van der Waals surface area (Å²) in [5.74, 6) is 1.71. The molecule has 0 aliphatic heterocycles. The van der Waals surface area contributed by atoms with Crippen LogP contribution in [0.5, 0.6) is 0 Å². The van der Waals surface area contributed by atoms with Gasteiger partial charge in [-0.2, -0.15) is 39.7 Å². The maximum Gasteiger partial charge on any atom is 0.252 e. The van der Waals surface area contributed by atoms with Crippen molar-refractivity contribution in [2.75, 3.05) is 11.5 Å². The zero-order valence-electron chi connectivity index (χ0n) is 25.9. The van der Waals surface area contributed by atoms with Gasteiger partial charge in [0.25, 0.3) is 5.69 Å². The third kappa shape index (κ3) is 5.37. The van der Waals surface area contributed by atoms with Crippen molar-refractivity contribution in [1.82, 2.24) is 69.0 Å². The molecule has 242 valence electrons. The lowest BCUT2D eigenvalue weighted by Crippen LogP contribution is -2.09. The van der Waals surface area contributed by atoms with Crippen molar-refractivity contribution in [3.05, 3.63) is 90.3 Å². The number of hydrogen-bond acceptors (Lipinski definition) is 17. The smallest absolute Gasteiger partial charge is 0.252 e. The number of nitrogens with two attached hydrogens (primary N) is 2. The molecule has 0 saturated heterocycles. The molecule has 0 aromatic carbocycles. The molecule has 0 fully saturated rings. The van der Waals surface area contributed by atoms with Gasteiger partial charge in [0.15, 0.2) is 57.9 Å². The second-order valence-electron chi connectivity index (χ2n) is 10.0. The van der Waals surface area contributed by atoms with Gasteiger partial charge in [-0.25, -0.2) is 29.5 Å². The predicted molar refractivity (Wildman–Crippen MR) is 172 cm³/mol. The van der Waals surface area contributed by atoms with Gasteiger partial charge in [-0.3, -0.25) is 9.97 Å². The third-order valence-electron chi connectivity index (χ3n) is 6.93. The Morgan fingerprint density at radius 3 is 1.74 bits per heavy atom. The van der Waals surface area contributed by atoms with Crippen molar-refractivity contribution in [3.8, 4) is 29.3 Å². The Morgan fingerprint density at radius 1 is 0.680 bits per heavy atom. The molecule has 0 radical (unpaired) electrons. The fourth-order valence-corrected chi connectivity index (χ4v) is 4.59. The Kier molecular flexibility index (Phi) is 7.67. The lowest BCUT2D eigenvalue weighted by atomic mass is 10.3. The normalized spacial score (nSPS) is 11.4. The zero-order chi connectivity index (χ0) is 34.8. The first-order valence-corrected chi connectivity index (χ1v) is 14.2. The number of nitrogens with zero attached hydrogens (tertiary/aromatic N) is 20. The van der Waals surface area contributed by atoms with Gasteiger partial charge < -0.3 is 11.5 Å². The Labute approximate surface area is 280 Å². The molecule has 4 N–H and O–H groups in total. The minimum absolute atomic E-state index is 0.106. The predicted octanol–water partition coefficient (Wildman–Crippen LogP) is 3.83. The molecule has 0 unspecified atom stereocenters. The summed E-state index contributed by atoms with van der Waals surface area (Å²) in [5.41, 5.74) is 14.6. The molecule has 0 bridgehead atoms. The standard InChI is InChI=1S/C28H20N22/c1-15-23(41-43-27-17(9-29)10-39-49(27)21-12-33-4-6-35-21)25(30)47(45-15)19-8-20(38-14-37-19)48-26(31)24(16(2)46-48)42-44-28-18(32-3)11-40-50(28)22-13-34-5-7-36-22/h4-8,10-14H,30-31H2,1-2H3. The molecule has 22 nitrogen and oxygen atoms in total. The van der Waals surface area contributed by atoms with E-state index in [9.17, 15) is 5.26 Å². The molecule has 7 aromatic rings. The summed E-state index contributed by atoms with van der Waals surface area (Å²) < 4.78 is 5.39. The average molecular weight is 665 g/mol. The highest BCUT2D eigenvalue weighted by Gasteiger charge is 2.20. The van der Waals surface area contributed by atoms with E-state index in [4.69, 9.17) is 18.0 Å². The Hall–Kier alpha value is -8.14.